The Morgan fingerprint density at radius 3 is 2.33 bits per heavy atom. The Kier molecular flexibility index (Phi) is 8.23. The molecule has 0 fully saturated rings. The van der Waals surface area contributed by atoms with Gasteiger partial charge in [-0.3, -0.25) is 10.0 Å². The number of amides is 1. The fourth-order valence-electron chi connectivity index (χ4n) is 3.38. The lowest BCUT2D eigenvalue weighted by Gasteiger charge is -2.32. The highest BCUT2D eigenvalue weighted by Crippen LogP contribution is 2.28. The van der Waals surface area contributed by atoms with Gasteiger partial charge in [0.25, 0.3) is 5.91 Å². The smallest absolute Gasteiger partial charge is 0.262 e. The zero-order valence-electron chi connectivity index (χ0n) is 18.3. The maximum absolute atomic E-state index is 13.6. The van der Waals surface area contributed by atoms with Gasteiger partial charge in [0.2, 0.25) is 10.0 Å². The van der Waals surface area contributed by atoms with Crippen LogP contribution in [0.3, 0.4) is 0 Å². The number of hydroxylamine groups is 1. The number of hydrogen-bond donors (Lipinski definition) is 2. The van der Waals surface area contributed by atoms with E-state index in [1.54, 1.807) is 43.6 Å². The van der Waals surface area contributed by atoms with Crippen molar-refractivity contribution in [2.45, 2.75) is 52.0 Å². The number of ether oxygens (including phenoxy) is 1. The first-order valence-electron chi connectivity index (χ1n) is 10.2. The number of benzene rings is 2. The molecule has 2 aromatic rings. The molecule has 0 aromatic heterocycles. The third kappa shape index (κ3) is 5.50. The molecule has 0 unspecified atom stereocenters. The van der Waals surface area contributed by atoms with Gasteiger partial charge in [-0.05, 0) is 60.2 Å². The van der Waals surface area contributed by atoms with E-state index in [4.69, 9.17) is 4.74 Å². The molecule has 0 bridgehead atoms. The fraction of sp³-hybridized carbons (Fsp3) is 0.500. The van der Waals surface area contributed by atoms with E-state index in [-0.39, 0.29) is 23.3 Å². The molecule has 2 rings (SSSR count). The Balaban J connectivity index is 2.56. The van der Waals surface area contributed by atoms with E-state index in [2.05, 4.69) is 0 Å². The average Bonchev–Trinajstić information content (AvgIpc) is 2.69. The van der Waals surface area contributed by atoms with Gasteiger partial charge >= 0.3 is 0 Å². The summed E-state index contributed by atoms with van der Waals surface area (Å²) in [7, 11) is -3.99. The first-order chi connectivity index (χ1) is 14.1. The normalized spacial score (nSPS) is 13.2. The molecule has 7 nitrogen and oxygen atoms in total. The van der Waals surface area contributed by atoms with Gasteiger partial charge in [-0.2, -0.15) is 4.31 Å². The van der Waals surface area contributed by atoms with Gasteiger partial charge in [0.05, 0.1) is 11.5 Å². The molecule has 0 saturated heterocycles. The Hall–Kier alpha value is -2.16. The Bertz CT molecular complexity index is 973. The number of sulfonamides is 1. The van der Waals surface area contributed by atoms with Crippen molar-refractivity contribution in [1.29, 1.82) is 0 Å². The third-order valence-electron chi connectivity index (χ3n) is 4.95. The van der Waals surface area contributed by atoms with Crippen LogP contribution in [-0.2, 0) is 14.8 Å². The van der Waals surface area contributed by atoms with E-state index in [0.717, 1.165) is 10.8 Å². The standard InChI is InChI=1S/C22H32N2O5S/c1-6-29-19-9-7-17-8-10-20(14-18(17)13-19)30(27,28)24(12-11-15(2)3)21(16(4)5)22(25)23-26/h7-10,13-16,21,26H,6,11-12H2,1-5H3,(H,23,25)/t21-/m1/s1. The largest absolute Gasteiger partial charge is 0.494 e. The van der Waals surface area contributed by atoms with E-state index < -0.39 is 22.0 Å². The number of carbonyl (C=O) groups is 1. The summed E-state index contributed by atoms with van der Waals surface area (Å²) >= 11 is 0. The summed E-state index contributed by atoms with van der Waals surface area (Å²) in [6.45, 7) is 10.1. The second kappa shape index (κ2) is 10.2. The quantitative estimate of drug-likeness (QED) is 0.436. The second-order valence-electron chi connectivity index (χ2n) is 8.07. The lowest BCUT2D eigenvalue weighted by Crippen LogP contribution is -2.52. The summed E-state index contributed by atoms with van der Waals surface area (Å²) in [6, 6.07) is 9.40. The van der Waals surface area contributed by atoms with Gasteiger partial charge in [-0.15, -0.1) is 0 Å². The summed E-state index contributed by atoms with van der Waals surface area (Å²) in [5, 5.41) is 10.8. The minimum Gasteiger partial charge on any atom is -0.494 e. The predicted octanol–water partition coefficient (Wildman–Crippen LogP) is 3.81. The zero-order valence-corrected chi connectivity index (χ0v) is 19.1. The van der Waals surface area contributed by atoms with Crippen LogP contribution in [0.4, 0.5) is 0 Å². The maximum Gasteiger partial charge on any atom is 0.262 e. The molecule has 0 aliphatic rings. The van der Waals surface area contributed by atoms with Crippen LogP contribution in [0.5, 0.6) is 5.75 Å². The highest BCUT2D eigenvalue weighted by molar-refractivity contribution is 7.89. The number of nitrogens with zero attached hydrogens (tertiary/aromatic N) is 1. The molecule has 2 N–H and O–H groups in total. The van der Waals surface area contributed by atoms with Gasteiger partial charge in [0.15, 0.2) is 0 Å². The van der Waals surface area contributed by atoms with Crippen LogP contribution in [0.25, 0.3) is 10.8 Å². The molecule has 0 saturated carbocycles. The minimum absolute atomic E-state index is 0.101. The maximum atomic E-state index is 13.6. The summed E-state index contributed by atoms with van der Waals surface area (Å²) in [5.41, 5.74) is 1.63. The van der Waals surface area contributed by atoms with Gasteiger partial charge in [-0.1, -0.05) is 39.8 Å². The van der Waals surface area contributed by atoms with Crippen molar-refractivity contribution in [3.63, 3.8) is 0 Å². The van der Waals surface area contributed by atoms with Crippen LogP contribution in [0.1, 0.15) is 41.0 Å². The van der Waals surface area contributed by atoms with Gasteiger partial charge in [-0.25, -0.2) is 13.9 Å². The highest BCUT2D eigenvalue weighted by atomic mass is 32.2. The Morgan fingerprint density at radius 1 is 1.10 bits per heavy atom. The molecule has 166 valence electrons. The van der Waals surface area contributed by atoms with Crippen molar-refractivity contribution >= 4 is 26.7 Å². The SMILES string of the molecule is CCOc1ccc2ccc(S(=O)(=O)N(CCC(C)C)[C@@H](C(=O)NO)C(C)C)cc2c1. The first-order valence-corrected chi connectivity index (χ1v) is 11.7. The molecule has 0 aliphatic heterocycles. The summed E-state index contributed by atoms with van der Waals surface area (Å²) in [4.78, 5) is 12.5. The van der Waals surface area contributed by atoms with Crippen LogP contribution in [0, 0.1) is 11.8 Å². The van der Waals surface area contributed by atoms with E-state index in [1.807, 2.05) is 32.9 Å². The van der Waals surface area contributed by atoms with Gasteiger partial charge in [0.1, 0.15) is 11.8 Å². The molecular weight excluding hydrogens is 404 g/mol. The van der Waals surface area contributed by atoms with E-state index in [9.17, 15) is 18.4 Å². The molecule has 8 heteroatoms. The topological polar surface area (TPSA) is 95.9 Å². The van der Waals surface area contributed by atoms with Crippen molar-refractivity contribution in [1.82, 2.24) is 9.79 Å². The summed E-state index contributed by atoms with van der Waals surface area (Å²) in [6.07, 6.45) is 0.587. The van der Waals surface area contributed by atoms with Crippen molar-refractivity contribution in [2.24, 2.45) is 11.8 Å². The number of nitrogens with one attached hydrogen (secondary N) is 1. The van der Waals surface area contributed by atoms with Crippen LogP contribution in [0.2, 0.25) is 0 Å². The number of carbonyl (C=O) groups excluding carboxylic acids is 1. The fourth-order valence-corrected chi connectivity index (χ4v) is 5.15. The Morgan fingerprint density at radius 2 is 1.77 bits per heavy atom. The highest BCUT2D eigenvalue weighted by Gasteiger charge is 2.37. The lowest BCUT2D eigenvalue weighted by atomic mass is 10.0. The van der Waals surface area contributed by atoms with E-state index >= 15 is 0 Å². The minimum atomic E-state index is -3.99. The van der Waals surface area contributed by atoms with Crippen LogP contribution < -0.4 is 10.2 Å². The van der Waals surface area contributed by atoms with Crippen LogP contribution >= 0.6 is 0 Å². The average molecular weight is 437 g/mol. The number of rotatable bonds is 10. The zero-order chi connectivity index (χ0) is 22.5. The lowest BCUT2D eigenvalue weighted by molar-refractivity contribution is -0.134. The Labute approximate surface area is 179 Å². The van der Waals surface area contributed by atoms with Crippen LogP contribution in [-0.4, -0.2) is 43.0 Å². The molecule has 0 aliphatic carbocycles. The first kappa shape index (κ1) is 24.1. The van der Waals surface area contributed by atoms with Crippen molar-refractivity contribution in [2.75, 3.05) is 13.2 Å². The molecule has 0 heterocycles. The molecular formula is C22H32N2O5S. The molecule has 30 heavy (non-hydrogen) atoms. The third-order valence-corrected chi connectivity index (χ3v) is 6.82. The molecule has 1 amide bonds. The van der Waals surface area contributed by atoms with Crippen molar-refractivity contribution in [3.05, 3.63) is 36.4 Å². The van der Waals surface area contributed by atoms with E-state index in [0.29, 0.717) is 18.8 Å². The monoisotopic (exact) mass is 436 g/mol. The predicted molar refractivity (Wildman–Crippen MR) is 117 cm³/mol. The van der Waals surface area contributed by atoms with E-state index in [1.165, 1.54) is 4.31 Å². The second-order valence-corrected chi connectivity index (χ2v) is 9.96. The summed E-state index contributed by atoms with van der Waals surface area (Å²) in [5.74, 6) is -0.158. The molecule has 2 aromatic carbocycles. The molecule has 0 radical (unpaired) electrons. The molecule has 0 spiro atoms. The molecule has 1 atom stereocenters. The summed E-state index contributed by atoms with van der Waals surface area (Å²) < 4.78 is 33.9. The van der Waals surface area contributed by atoms with Gasteiger partial charge in [0, 0.05) is 6.54 Å². The van der Waals surface area contributed by atoms with Gasteiger partial charge < -0.3 is 4.74 Å². The van der Waals surface area contributed by atoms with Crippen molar-refractivity contribution in [3.8, 4) is 5.75 Å². The number of fused-ring (bicyclic) bond motifs is 1. The van der Waals surface area contributed by atoms with Crippen LogP contribution in [0.15, 0.2) is 41.3 Å². The van der Waals surface area contributed by atoms with Crippen molar-refractivity contribution < 1.29 is 23.2 Å². The number of hydrogen-bond acceptors (Lipinski definition) is 5.